The van der Waals surface area contributed by atoms with Gasteiger partial charge in [0, 0.05) is 22.5 Å². The molecule has 0 amide bonds. The second kappa shape index (κ2) is 8.71. The van der Waals surface area contributed by atoms with Crippen molar-refractivity contribution in [2.24, 2.45) is 5.73 Å². The first-order valence-electron chi connectivity index (χ1n) is 10.4. The number of benzene rings is 2. The summed E-state index contributed by atoms with van der Waals surface area (Å²) in [5.41, 5.74) is 10.4. The highest BCUT2D eigenvalue weighted by Gasteiger charge is 2.42. The zero-order chi connectivity index (χ0) is 20.4. The first kappa shape index (κ1) is 20.8. The van der Waals surface area contributed by atoms with Crippen molar-refractivity contribution in [3.05, 3.63) is 68.8 Å². The minimum absolute atomic E-state index is 0.0112. The third-order valence-electron chi connectivity index (χ3n) is 6.55. The highest BCUT2D eigenvalue weighted by molar-refractivity contribution is 9.10. The molecule has 0 saturated heterocycles. The van der Waals surface area contributed by atoms with Crippen LogP contribution in [0.3, 0.4) is 0 Å². The van der Waals surface area contributed by atoms with Crippen LogP contribution in [0.5, 0.6) is 5.75 Å². The number of halogens is 2. The molecule has 5 heteroatoms. The van der Waals surface area contributed by atoms with Crippen LogP contribution in [0.4, 0.5) is 0 Å². The lowest BCUT2D eigenvalue weighted by Crippen LogP contribution is -2.49. The van der Waals surface area contributed by atoms with E-state index in [2.05, 4.69) is 64.6 Å². The number of hydrogen-bond acceptors (Lipinski definition) is 3. The Hall–Kier alpha value is -1.49. The molecule has 1 aliphatic carbocycles. The standard InChI is InChI=1S/C24H28BrClN2O/c1-2-23(27)24(19-5-3-4-6-20(19)25)10-7-18(8-11-24)29-22-14-16-9-12-28-15-17(16)13-21(22)26/h3-6,9,12-14,18,23,28H,2,7-8,10-11,15,27H2,1H3/t18?,23-,24?/m0/s1. The molecule has 154 valence electrons. The van der Waals surface area contributed by atoms with Gasteiger partial charge in [0.05, 0.1) is 11.1 Å². The molecule has 1 saturated carbocycles. The van der Waals surface area contributed by atoms with Crippen LogP contribution in [0.15, 0.2) is 47.1 Å². The normalized spacial score (nSPS) is 24.5. The molecular formula is C24H28BrClN2O. The van der Waals surface area contributed by atoms with Crippen LogP contribution < -0.4 is 15.8 Å². The number of hydrogen-bond donors (Lipinski definition) is 2. The average molecular weight is 476 g/mol. The summed E-state index contributed by atoms with van der Waals surface area (Å²) in [4.78, 5) is 0. The number of fused-ring (bicyclic) bond motifs is 1. The van der Waals surface area contributed by atoms with Gasteiger partial charge in [0.25, 0.3) is 0 Å². The minimum Gasteiger partial charge on any atom is -0.489 e. The van der Waals surface area contributed by atoms with E-state index < -0.39 is 0 Å². The molecule has 3 N–H and O–H groups in total. The van der Waals surface area contributed by atoms with Gasteiger partial charge in [-0.2, -0.15) is 0 Å². The summed E-state index contributed by atoms with van der Waals surface area (Å²) in [6.07, 6.45) is 9.14. The van der Waals surface area contributed by atoms with E-state index in [9.17, 15) is 0 Å². The van der Waals surface area contributed by atoms with Crippen molar-refractivity contribution in [3.63, 3.8) is 0 Å². The zero-order valence-corrected chi connectivity index (χ0v) is 19.1. The number of rotatable bonds is 5. The van der Waals surface area contributed by atoms with Crippen molar-refractivity contribution in [2.45, 2.75) is 63.1 Å². The Bertz CT molecular complexity index is 906. The van der Waals surface area contributed by atoms with E-state index in [1.54, 1.807) is 0 Å². The zero-order valence-electron chi connectivity index (χ0n) is 16.8. The van der Waals surface area contributed by atoms with Gasteiger partial charge in [0.2, 0.25) is 0 Å². The molecule has 0 aromatic heterocycles. The Balaban J connectivity index is 1.53. The number of nitrogens with two attached hydrogens (primary N) is 1. The van der Waals surface area contributed by atoms with Crippen molar-refractivity contribution < 1.29 is 4.74 Å². The fourth-order valence-corrected chi connectivity index (χ4v) is 5.74. The lowest BCUT2D eigenvalue weighted by molar-refractivity contribution is 0.103. The van der Waals surface area contributed by atoms with Crippen LogP contribution in [0.25, 0.3) is 6.08 Å². The van der Waals surface area contributed by atoms with Gasteiger partial charge in [-0.05, 0) is 79.3 Å². The summed E-state index contributed by atoms with van der Waals surface area (Å²) in [5.74, 6) is 0.787. The molecule has 1 heterocycles. The molecule has 2 aromatic rings. The molecule has 0 unspecified atom stereocenters. The van der Waals surface area contributed by atoms with Crippen LogP contribution in [0.1, 0.15) is 55.7 Å². The molecule has 1 atom stereocenters. The molecule has 1 aliphatic heterocycles. The third kappa shape index (κ3) is 4.08. The van der Waals surface area contributed by atoms with Gasteiger partial charge in [0.1, 0.15) is 5.75 Å². The van der Waals surface area contributed by atoms with Crippen LogP contribution in [-0.2, 0) is 12.0 Å². The SMILES string of the molecule is CC[C@H](N)C1(c2ccccc2Br)CCC(Oc2cc3c(cc2Cl)CNC=C3)CC1. The Morgan fingerprint density at radius 2 is 2.03 bits per heavy atom. The number of ether oxygens (including phenoxy) is 1. The highest BCUT2D eigenvalue weighted by Crippen LogP contribution is 2.46. The maximum absolute atomic E-state index is 6.69. The van der Waals surface area contributed by atoms with E-state index in [-0.39, 0.29) is 17.6 Å². The lowest BCUT2D eigenvalue weighted by Gasteiger charge is -2.45. The van der Waals surface area contributed by atoms with E-state index in [1.807, 2.05) is 12.3 Å². The van der Waals surface area contributed by atoms with Crippen LogP contribution >= 0.6 is 27.5 Å². The monoisotopic (exact) mass is 474 g/mol. The van der Waals surface area contributed by atoms with Gasteiger partial charge >= 0.3 is 0 Å². The van der Waals surface area contributed by atoms with Crippen molar-refractivity contribution in [3.8, 4) is 5.75 Å². The quantitative estimate of drug-likeness (QED) is 0.543. The average Bonchev–Trinajstić information content (AvgIpc) is 2.75. The van der Waals surface area contributed by atoms with Gasteiger partial charge in [0.15, 0.2) is 0 Å². The van der Waals surface area contributed by atoms with E-state index in [4.69, 9.17) is 22.1 Å². The van der Waals surface area contributed by atoms with E-state index in [1.165, 1.54) is 16.7 Å². The summed E-state index contributed by atoms with van der Waals surface area (Å²) in [6, 6.07) is 12.7. The highest BCUT2D eigenvalue weighted by atomic mass is 79.9. The number of nitrogens with one attached hydrogen (secondary N) is 1. The van der Waals surface area contributed by atoms with Crippen molar-refractivity contribution in [1.29, 1.82) is 0 Å². The Kier molecular flexibility index (Phi) is 6.24. The van der Waals surface area contributed by atoms with Crippen LogP contribution in [0, 0.1) is 0 Å². The van der Waals surface area contributed by atoms with Gasteiger partial charge < -0.3 is 15.8 Å². The van der Waals surface area contributed by atoms with Crippen molar-refractivity contribution >= 4 is 33.6 Å². The van der Waals surface area contributed by atoms with Gasteiger partial charge in [-0.15, -0.1) is 0 Å². The predicted octanol–water partition coefficient (Wildman–Crippen LogP) is 6.17. The minimum atomic E-state index is -0.0112. The first-order chi connectivity index (χ1) is 14.0. The van der Waals surface area contributed by atoms with Gasteiger partial charge in [-0.1, -0.05) is 52.7 Å². The van der Waals surface area contributed by atoms with Crippen molar-refractivity contribution in [1.82, 2.24) is 5.32 Å². The molecule has 29 heavy (non-hydrogen) atoms. The Morgan fingerprint density at radius 1 is 1.28 bits per heavy atom. The molecule has 3 nitrogen and oxygen atoms in total. The van der Waals surface area contributed by atoms with E-state index in [0.29, 0.717) is 5.02 Å². The molecule has 0 bridgehead atoms. The molecule has 2 aromatic carbocycles. The molecule has 0 spiro atoms. The van der Waals surface area contributed by atoms with Gasteiger partial charge in [-0.25, -0.2) is 0 Å². The second-order valence-corrected chi connectivity index (χ2v) is 9.43. The van der Waals surface area contributed by atoms with Crippen LogP contribution in [-0.4, -0.2) is 12.1 Å². The second-order valence-electron chi connectivity index (χ2n) is 8.16. The molecular weight excluding hydrogens is 448 g/mol. The van der Waals surface area contributed by atoms with Crippen LogP contribution in [0.2, 0.25) is 5.02 Å². The summed E-state index contributed by atoms with van der Waals surface area (Å²) in [6.45, 7) is 2.99. The smallest absolute Gasteiger partial charge is 0.138 e. The molecule has 4 rings (SSSR count). The topological polar surface area (TPSA) is 47.3 Å². The van der Waals surface area contributed by atoms with Crippen molar-refractivity contribution in [2.75, 3.05) is 0 Å². The summed E-state index contributed by atoms with van der Waals surface area (Å²) in [5, 5.41) is 3.91. The van der Waals surface area contributed by atoms with Gasteiger partial charge in [-0.3, -0.25) is 0 Å². The first-order valence-corrected chi connectivity index (χ1v) is 11.6. The summed E-state index contributed by atoms with van der Waals surface area (Å²) in [7, 11) is 0. The fourth-order valence-electron chi connectivity index (χ4n) is 4.83. The lowest BCUT2D eigenvalue weighted by atomic mass is 9.64. The molecule has 2 aliphatic rings. The maximum atomic E-state index is 6.69. The van der Waals surface area contributed by atoms with E-state index in [0.717, 1.165) is 48.9 Å². The predicted molar refractivity (Wildman–Crippen MR) is 124 cm³/mol. The molecule has 1 fully saturated rings. The Labute approximate surface area is 186 Å². The largest absolute Gasteiger partial charge is 0.489 e. The fraction of sp³-hybridized carbons (Fsp3) is 0.417. The molecule has 0 radical (unpaired) electrons. The van der Waals surface area contributed by atoms with E-state index >= 15 is 0 Å². The third-order valence-corrected chi connectivity index (χ3v) is 7.53. The maximum Gasteiger partial charge on any atom is 0.138 e. The summed E-state index contributed by atoms with van der Waals surface area (Å²) >= 11 is 10.3. The summed E-state index contributed by atoms with van der Waals surface area (Å²) < 4.78 is 7.54. The Morgan fingerprint density at radius 3 is 2.76 bits per heavy atom.